The third-order valence-corrected chi connectivity index (χ3v) is 4.58. The summed E-state index contributed by atoms with van der Waals surface area (Å²) in [5, 5.41) is 11.8. The predicted molar refractivity (Wildman–Crippen MR) is 82.4 cm³/mol. The van der Waals surface area contributed by atoms with E-state index < -0.39 is 5.97 Å². The number of rotatable bonds is 5. The van der Waals surface area contributed by atoms with Crippen LogP contribution in [0.2, 0.25) is 5.02 Å². The topological polar surface area (TPSA) is 92.2 Å². The summed E-state index contributed by atoms with van der Waals surface area (Å²) in [6.45, 7) is 1.78. The summed E-state index contributed by atoms with van der Waals surface area (Å²) in [4.78, 5) is 26.9. The number of hydrogen-bond acceptors (Lipinski definition) is 6. The molecule has 0 fully saturated rings. The number of carboxylic acids is 1. The molecule has 0 aliphatic heterocycles. The highest BCUT2D eigenvalue weighted by Gasteiger charge is 2.11. The number of halogens is 1. The van der Waals surface area contributed by atoms with Crippen molar-refractivity contribution in [3.8, 4) is 0 Å². The quantitative estimate of drug-likeness (QED) is 0.811. The minimum absolute atomic E-state index is 0.0575. The van der Waals surface area contributed by atoms with E-state index in [-0.39, 0.29) is 27.9 Å². The molecule has 1 aromatic carbocycles. The van der Waals surface area contributed by atoms with Crippen LogP contribution in [-0.2, 0) is 4.79 Å². The van der Waals surface area contributed by atoms with Crippen LogP contribution in [0.5, 0.6) is 0 Å². The average molecular weight is 344 g/mol. The van der Waals surface area contributed by atoms with Crippen LogP contribution in [0.4, 0.5) is 5.69 Å². The monoisotopic (exact) mass is 343 g/mol. The molecule has 9 heteroatoms. The number of carboxylic acid groups (broad SMARTS) is 1. The van der Waals surface area contributed by atoms with Crippen LogP contribution in [0.15, 0.2) is 22.5 Å². The van der Waals surface area contributed by atoms with Crippen molar-refractivity contribution in [1.82, 2.24) is 9.36 Å². The number of hydrogen-bond donors (Lipinski definition) is 2. The molecule has 110 valence electrons. The molecular weight excluding hydrogens is 334 g/mol. The van der Waals surface area contributed by atoms with Crippen molar-refractivity contribution in [2.45, 2.75) is 11.3 Å². The van der Waals surface area contributed by atoms with Crippen LogP contribution in [0.3, 0.4) is 0 Å². The number of aromatic nitrogens is 2. The molecule has 0 radical (unpaired) electrons. The van der Waals surface area contributed by atoms with Crippen LogP contribution in [-0.4, -0.2) is 32.1 Å². The zero-order valence-corrected chi connectivity index (χ0v) is 13.2. The number of nitrogens with one attached hydrogen (secondary N) is 1. The Morgan fingerprint density at radius 1 is 1.48 bits per heavy atom. The largest absolute Gasteiger partial charge is 0.478 e. The normalized spacial score (nSPS) is 10.4. The van der Waals surface area contributed by atoms with Gasteiger partial charge < -0.3 is 10.4 Å². The summed E-state index contributed by atoms with van der Waals surface area (Å²) in [6, 6.07) is 4.13. The van der Waals surface area contributed by atoms with E-state index in [2.05, 4.69) is 14.7 Å². The van der Waals surface area contributed by atoms with E-state index in [1.54, 1.807) is 6.92 Å². The number of amides is 1. The van der Waals surface area contributed by atoms with Crippen molar-refractivity contribution in [1.29, 1.82) is 0 Å². The fourth-order valence-electron chi connectivity index (χ4n) is 1.40. The number of thioether (sulfide) groups is 1. The van der Waals surface area contributed by atoms with Gasteiger partial charge in [0.1, 0.15) is 5.82 Å². The van der Waals surface area contributed by atoms with Crippen molar-refractivity contribution < 1.29 is 14.7 Å². The molecule has 0 bridgehead atoms. The Kier molecular flexibility index (Phi) is 5.16. The average Bonchev–Trinajstić information content (AvgIpc) is 2.84. The van der Waals surface area contributed by atoms with Gasteiger partial charge in [0.25, 0.3) is 0 Å². The standard InChI is InChI=1S/C12H10ClN3O3S2/c1-6-14-12(21-16-6)20-5-10(17)15-9-4-7(11(18)19)2-3-8(9)13/h2-4H,5H2,1H3,(H,15,17)(H,18,19). The Labute approximate surface area is 133 Å². The van der Waals surface area contributed by atoms with Gasteiger partial charge in [-0.15, -0.1) is 0 Å². The highest BCUT2D eigenvalue weighted by Crippen LogP contribution is 2.24. The molecular formula is C12H10ClN3O3S2. The van der Waals surface area contributed by atoms with Gasteiger partial charge >= 0.3 is 5.97 Å². The van der Waals surface area contributed by atoms with E-state index in [1.165, 1.54) is 41.5 Å². The molecule has 0 aliphatic rings. The second-order valence-corrected chi connectivity index (χ2v) is 6.33. The van der Waals surface area contributed by atoms with Gasteiger partial charge in [0.05, 0.1) is 22.0 Å². The molecule has 0 saturated carbocycles. The van der Waals surface area contributed by atoms with Gasteiger partial charge in [-0.05, 0) is 36.7 Å². The molecule has 1 aromatic heterocycles. The molecule has 2 N–H and O–H groups in total. The maximum absolute atomic E-state index is 11.8. The lowest BCUT2D eigenvalue weighted by molar-refractivity contribution is -0.113. The van der Waals surface area contributed by atoms with Crippen molar-refractivity contribution in [3.05, 3.63) is 34.6 Å². The molecule has 0 aliphatic carbocycles. The number of benzene rings is 1. The van der Waals surface area contributed by atoms with E-state index in [0.717, 1.165) is 0 Å². The van der Waals surface area contributed by atoms with Crippen molar-refractivity contribution in [2.24, 2.45) is 0 Å². The fourth-order valence-corrected chi connectivity index (χ4v) is 3.02. The fraction of sp³-hybridized carbons (Fsp3) is 0.167. The van der Waals surface area contributed by atoms with Gasteiger partial charge in [-0.1, -0.05) is 23.4 Å². The Hall–Kier alpha value is -1.64. The Morgan fingerprint density at radius 2 is 2.24 bits per heavy atom. The van der Waals surface area contributed by atoms with Crippen LogP contribution in [0, 0.1) is 6.92 Å². The third-order valence-electron chi connectivity index (χ3n) is 2.32. The van der Waals surface area contributed by atoms with Crippen molar-refractivity contribution in [2.75, 3.05) is 11.1 Å². The molecule has 0 spiro atoms. The van der Waals surface area contributed by atoms with E-state index in [4.69, 9.17) is 16.7 Å². The minimum Gasteiger partial charge on any atom is -0.478 e. The summed E-state index contributed by atoms with van der Waals surface area (Å²) >= 11 is 8.41. The second kappa shape index (κ2) is 6.88. The van der Waals surface area contributed by atoms with Crippen LogP contribution in [0.1, 0.15) is 16.2 Å². The first kappa shape index (κ1) is 15.7. The number of anilines is 1. The lowest BCUT2D eigenvalue weighted by Crippen LogP contribution is -2.14. The summed E-state index contributed by atoms with van der Waals surface area (Å²) in [6.07, 6.45) is 0. The third kappa shape index (κ3) is 4.42. The minimum atomic E-state index is -1.08. The maximum Gasteiger partial charge on any atom is 0.335 e. The number of aryl methyl sites for hydroxylation is 1. The lowest BCUT2D eigenvalue weighted by atomic mass is 10.2. The first-order chi connectivity index (χ1) is 9.95. The number of carbonyl (C=O) groups excluding carboxylic acids is 1. The summed E-state index contributed by atoms with van der Waals surface area (Å²) in [5.74, 6) is -0.569. The molecule has 2 rings (SSSR count). The summed E-state index contributed by atoms with van der Waals surface area (Å²) in [7, 11) is 0. The first-order valence-electron chi connectivity index (χ1n) is 5.71. The van der Waals surface area contributed by atoms with E-state index in [1.807, 2.05) is 0 Å². The number of aromatic carboxylic acids is 1. The highest BCUT2D eigenvalue weighted by atomic mass is 35.5. The summed E-state index contributed by atoms with van der Waals surface area (Å²) in [5.41, 5.74) is 0.331. The van der Waals surface area contributed by atoms with Gasteiger partial charge in [-0.3, -0.25) is 4.79 Å². The molecule has 0 atom stereocenters. The highest BCUT2D eigenvalue weighted by molar-refractivity contribution is 8.01. The number of carbonyl (C=O) groups is 2. The lowest BCUT2D eigenvalue weighted by Gasteiger charge is -2.07. The Morgan fingerprint density at radius 3 is 2.86 bits per heavy atom. The molecule has 1 amide bonds. The van der Waals surface area contributed by atoms with Crippen LogP contribution in [0.25, 0.3) is 0 Å². The van der Waals surface area contributed by atoms with E-state index in [9.17, 15) is 9.59 Å². The zero-order chi connectivity index (χ0) is 15.4. The van der Waals surface area contributed by atoms with Crippen molar-refractivity contribution in [3.63, 3.8) is 0 Å². The Balaban J connectivity index is 1.99. The van der Waals surface area contributed by atoms with Gasteiger partial charge in [0, 0.05) is 0 Å². The van der Waals surface area contributed by atoms with Crippen LogP contribution < -0.4 is 5.32 Å². The molecule has 0 saturated heterocycles. The Bertz CT molecular complexity index is 690. The van der Waals surface area contributed by atoms with Gasteiger partial charge in [0.2, 0.25) is 5.91 Å². The first-order valence-corrected chi connectivity index (χ1v) is 7.85. The van der Waals surface area contributed by atoms with Gasteiger partial charge in [-0.2, -0.15) is 4.37 Å². The molecule has 21 heavy (non-hydrogen) atoms. The van der Waals surface area contributed by atoms with Gasteiger partial charge in [0.15, 0.2) is 4.34 Å². The maximum atomic E-state index is 11.8. The molecule has 1 heterocycles. The second-order valence-electron chi connectivity index (χ2n) is 3.94. The van der Waals surface area contributed by atoms with E-state index in [0.29, 0.717) is 10.2 Å². The molecule has 0 unspecified atom stereocenters. The predicted octanol–water partition coefficient (Wildman–Crippen LogP) is 2.93. The van der Waals surface area contributed by atoms with E-state index >= 15 is 0 Å². The molecule has 6 nitrogen and oxygen atoms in total. The summed E-state index contributed by atoms with van der Waals surface area (Å²) < 4.78 is 4.72. The van der Waals surface area contributed by atoms with Crippen LogP contribution >= 0.6 is 34.9 Å². The number of nitrogens with zero attached hydrogens (tertiary/aromatic N) is 2. The SMILES string of the molecule is Cc1nsc(SCC(=O)Nc2cc(C(=O)O)ccc2Cl)n1. The zero-order valence-electron chi connectivity index (χ0n) is 10.8. The molecule has 2 aromatic rings. The van der Waals surface area contributed by atoms with Gasteiger partial charge in [-0.25, -0.2) is 9.78 Å². The smallest absolute Gasteiger partial charge is 0.335 e. The van der Waals surface area contributed by atoms with Crippen molar-refractivity contribution >= 4 is 52.5 Å².